The molecule has 1 aromatic rings. The fourth-order valence-corrected chi connectivity index (χ4v) is 4.69. The summed E-state index contributed by atoms with van der Waals surface area (Å²) in [6.07, 6.45) is 14.1. The van der Waals surface area contributed by atoms with E-state index < -0.39 is 0 Å². The molecule has 43 heavy (non-hydrogen) atoms. The van der Waals surface area contributed by atoms with E-state index in [9.17, 15) is 0 Å². The molecule has 0 saturated heterocycles. The van der Waals surface area contributed by atoms with Crippen molar-refractivity contribution in [3.8, 4) is 5.75 Å². The topological polar surface area (TPSA) is 73.8 Å². The lowest BCUT2D eigenvalue weighted by Gasteiger charge is -2.09. The average molecular weight is 725 g/mol. The predicted molar refractivity (Wildman–Crippen MR) is 182 cm³/mol. The molecule has 252 valence electrons. The molecule has 0 saturated carbocycles. The molecule has 1 aromatic carbocycles. The van der Waals surface area contributed by atoms with Gasteiger partial charge < -0.3 is 37.9 Å². The van der Waals surface area contributed by atoms with Gasteiger partial charge in [-0.25, -0.2) is 0 Å². The van der Waals surface area contributed by atoms with Gasteiger partial charge in [0.15, 0.2) is 0 Å². The molecule has 9 heteroatoms. The van der Waals surface area contributed by atoms with Gasteiger partial charge >= 0.3 is 0 Å². The van der Waals surface area contributed by atoms with Crippen LogP contribution in [0, 0.1) is 0 Å². The van der Waals surface area contributed by atoms with E-state index in [-0.39, 0.29) is 0 Å². The van der Waals surface area contributed by atoms with Crippen molar-refractivity contribution in [2.45, 2.75) is 77.6 Å². The lowest BCUT2D eigenvalue weighted by molar-refractivity contribution is -0.0213. The Morgan fingerprint density at radius 1 is 0.419 bits per heavy atom. The quantitative estimate of drug-likeness (QED) is 0.0418. The first-order valence-electron chi connectivity index (χ1n) is 16.7. The smallest absolute Gasteiger partial charge is 0.119 e. The van der Waals surface area contributed by atoms with Crippen LogP contribution >= 0.6 is 22.6 Å². The van der Waals surface area contributed by atoms with Gasteiger partial charge in [0.2, 0.25) is 0 Å². The number of hydrogen-bond donors (Lipinski definition) is 0. The van der Waals surface area contributed by atoms with Crippen molar-refractivity contribution < 1.29 is 37.9 Å². The van der Waals surface area contributed by atoms with Crippen molar-refractivity contribution in [1.82, 2.24) is 0 Å². The summed E-state index contributed by atoms with van der Waals surface area (Å²) in [7, 11) is 0. The van der Waals surface area contributed by atoms with Crippen LogP contribution in [0.5, 0.6) is 5.75 Å². The fraction of sp³-hybridized carbons (Fsp3) is 0.824. The van der Waals surface area contributed by atoms with Crippen molar-refractivity contribution >= 4 is 22.6 Å². The summed E-state index contributed by atoms with van der Waals surface area (Å²) in [5.74, 6) is 0.894. The zero-order chi connectivity index (χ0) is 30.7. The van der Waals surface area contributed by atoms with Gasteiger partial charge in [0, 0.05) is 6.61 Å². The minimum absolute atomic E-state index is 0.535. The Bertz CT molecular complexity index is 664. The van der Waals surface area contributed by atoms with E-state index in [1.54, 1.807) is 0 Å². The van der Waals surface area contributed by atoms with Gasteiger partial charge in [-0.1, -0.05) is 86.6 Å². The molecule has 0 N–H and O–H groups in total. The average Bonchev–Trinajstić information content (AvgIpc) is 3.03. The number of aryl methyl sites for hydroxylation is 1. The van der Waals surface area contributed by atoms with E-state index in [4.69, 9.17) is 37.9 Å². The Labute approximate surface area is 276 Å². The van der Waals surface area contributed by atoms with Crippen LogP contribution in [0.25, 0.3) is 0 Å². The molecular weight excluding hydrogens is 663 g/mol. The maximum absolute atomic E-state index is 5.77. The maximum Gasteiger partial charge on any atom is 0.119 e. The summed E-state index contributed by atoms with van der Waals surface area (Å²) in [6.45, 7) is 10.9. The van der Waals surface area contributed by atoms with Gasteiger partial charge in [-0.3, -0.25) is 0 Å². The number of rotatable bonds is 35. The first-order chi connectivity index (χ1) is 21.4. The largest absolute Gasteiger partial charge is 0.491 e. The van der Waals surface area contributed by atoms with Crippen LogP contribution in [0.2, 0.25) is 0 Å². The van der Waals surface area contributed by atoms with Gasteiger partial charge in [-0.2, -0.15) is 0 Å². The molecule has 0 unspecified atom stereocenters. The first-order valence-corrected chi connectivity index (χ1v) is 18.2. The monoisotopic (exact) mass is 724 g/mol. The van der Waals surface area contributed by atoms with Crippen molar-refractivity contribution in [1.29, 1.82) is 0 Å². The number of hydrogen-bond acceptors (Lipinski definition) is 8. The number of halogens is 1. The third-order valence-electron chi connectivity index (χ3n) is 6.64. The minimum atomic E-state index is 0.535. The van der Waals surface area contributed by atoms with E-state index in [1.807, 2.05) is 0 Å². The highest BCUT2D eigenvalue weighted by Crippen LogP contribution is 2.15. The van der Waals surface area contributed by atoms with Gasteiger partial charge in [-0.15, -0.1) is 0 Å². The van der Waals surface area contributed by atoms with Gasteiger partial charge in [0.1, 0.15) is 12.4 Å². The summed E-state index contributed by atoms with van der Waals surface area (Å²) in [4.78, 5) is 0. The van der Waals surface area contributed by atoms with E-state index in [0.717, 1.165) is 25.2 Å². The summed E-state index contributed by atoms with van der Waals surface area (Å²) in [6, 6.07) is 8.46. The van der Waals surface area contributed by atoms with Crippen molar-refractivity contribution in [2.24, 2.45) is 0 Å². The predicted octanol–water partition coefficient (Wildman–Crippen LogP) is 7.08. The lowest BCUT2D eigenvalue weighted by atomic mass is 10.0. The van der Waals surface area contributed by atoms with E-state index in [0.29, 0.717) is 92.5 Å². The zero-order valence-electron chi connectivity index (χ0n) is 27.0. The third-order valence-corrected chi connectivity index (χ3v) is 7.41. The van der Waals surface area contributed by atoms with Gasteiger partial charge in [-0.05, 0) is 47.8 Å². The van der Waals surface area contributed by atoms with Crippen molar-refractivity contribution in [3.05, 3.63) is 29.8 Å². The molecule has 0 fully saturated rings. The second-order valence-corrected chi connectivity index (χ2v) is 11.5. The third kappa shape index (κ3) is 29.9. The molecular formula is C34H61IO8. The SMILES string of the molecule is CCCCCCCCc1ccc(OCCOCCOCCOCCOCCOCCOCCOCCCCCCI)cc1. The van der Waals surface area contributed by atoms with Crippen LogP contribution in [0.3, 0.4) is 0 Å². The molecule has 0 aromatic heterocycles. The number of alkyl halides is 1. The van der Waals surface area contributed by atoms with Crippen LogP contribution in [0.1, 0.15) is 76.7 Å². The standard InChI is InChI=1S/C34H61IO8/c1-2-3-4-5-6-9-12-33-13-15-34(16-14-33)43-32-31-42-30-29-41-28-27-40-26-25-39-24-23-38-22-21-37-20-19-36-18-11-8-7-10-17-35/h13-16H,2-12,17-32H2,1H3. The summed E-state index contributed by atoms with van der Waals surface area (Å²) < 4.78 is 45.7. The molecule has 0 atom stereocenters. The van der Waals surface area contributed by atoms with Crippen LogP contribution in [-0.4, -0.2) is 104 Å². The number of unbranched alkanes of at least 4 members (excludes halogenated alkanes) is 8. The molecule has 0 radical (unpaired) electrons. The molecule has 0 spiro atoms. The van der Waals surface area contributed by atoms with E-state index in [1.165, 1.54) is 67.8 Å². The Morgan fingerprint density at radius 3 is 1.30 bits per heavy atom. The van der Waals surface area contributed by atoms with Gasteiger partial charge in [0.05, 0.1) is 85.9 Å². The van der Waals surface area contributed by atoms with Crippen LogP contribution < -0.4 is 4.74 Å². The Morgan fingerprint density at radius 2 is 0.814 bits per heavy atom. The summed E-state index contributed by atoms with van der Waals surface area (Å²) in [5, 5.41) is 0. The molecule has 0 heterocycles. The first kappa shape index (κ1) is 40.5. The Kier molecular flexibility index (Phi) is 32.3. The molecule has 1 rings (SSSR count). The fourth-order valence-electron chi connectivity index (χ4n) is 4.15. The zero-order valence-corrected chi connectivity index (χ0v) is 29.2. The summed E-state index contributed by atoms with van der Waals surface area (Å²) in [5.41, 5.74) is 1.38. The highest BCUT2D eigenvalue weighted by Gasteiger charge is 1.99. The Hall–Kier alpha value is -0.530. The highest BCUT2D eigenvalue weighted by atomic mass is 127. The van der Waals surface area contributed by atoms with Gasteiger partial charge in [0.25, 0.3) is 0 Å². The minimum Gasteiger partial charge on any atom is -0.491 e. The second kappa shape index (κ2) is 34.3. The van der Waals surface area contributed by atoms with E-state index >= 15 is 0 Å². The van der Waals surface area contributed by atoms with Crippen molar-refractivity contribution in [3.63, 3.8) is 0 Å². The number of ether oxygens (including phenoxy) is 8. The molecule has 0 bridgehead atoms. The van der Waals surface area contributed by atoms with Crippen molar-refractivity contribution in [2.75, 3.05) is 104 Å². The maximum atomic E-state index is 5.77. The van der Waals surface area contributed by atoms with Crippen LogP contribution in [0.4, 0.5) is 0 Å². The summed E-state index contributed by atoms with van der Waals surface area (Å²) >= 11 is 2.42. The molecule has 0 amide bonds. The normalized spacial score (nSPS) is 11.4. The van der Waals surface area contributed by atoms with Crippen LogP contribution in [0.15, 0.2) is 24.3 Å². The molecule has 0 aliphatic heterocycles. The Balaban J connectivity index is 1.72. The molecule has 0 aliphatic rings. The number of benzene rings is 1. The molecule has 8 nitrogen and oxygen atoms in total. The van der Waals surface area contributed by atoms with Crippen LogP contribution in [-0.2, 0) is 39.6 Å². The van der Waals surface area contributed by atoms with E-state index in [2.05, 4.69) is 53.8 Å². The highest BCUT2D eigenvalue weighted by molar-refractivity contribution is 14.1. The lowest BCUT2D eigenvalue weighted by Crippen LogP contribution is -2.15. The second-order valence-electron chi connectivity index (χ2n) is 10.4. The molecule has 0 aliphatic carbocycles.